The molecule has 2 aromatic rings. The highest BCUT2D eigenvalue weighted by molar-refractivity contribution is 7.91. The zero-order chi connectivity index (χ0) is 38.2. The van der Waals surface area contributed by atoms with Crippen molar-refractivity contribution in [2.45, 2.75) is 144 Å². The second kappa shape index (κ2) is 15.7. The van der Waals surface area contributed by atoms with E-state index in [2.05, 4.69) is 15.4 Å². The number of rotatable bonds is 3. The van der Waals surface area contributed by atoms with Crippen molar-refractivity contribution in [3.63, 3.8) is 0 Å². The SMILES string of the molecule is O=C1N[C@H]2CCCCC/C=C\[C@H]3C[C@@]3(C(=O)NS(=O)(=O)C3CC3)NC(=O)[C@@H]3C[C@H](CN3C2=O)Oc2nc3ccccc3nc2CCCCC[C@@H]2CCCC2O1. The van der Waals surface area contributed by atoms with Gasteiger partial charge in [0, 0.05) is 12.3 Å². The van der Waals surface area contributed by atoms with Gasteiger partial charge in [-0.3, -0.25) is 19.1 Å². The van der Waals surface area contributed by atoms with E-state index in [1.807, 2.05) is 36.4 Å². The molecule has 7 atom stereocenters. The number of sulfonamides is 1. The Morgan fingerprint density at radius 3 is 2.47 bits per heavy atom. The smallest absolute Gasteiger partial charge is 0.408 e. The fourth-order valence-electron chi connectivity index (χ4n) is 8.96. The molecule has 4 heterocycles. The van der Waals surface area contributed by atoms with E-state index in [1.165, 1.54) is 4.90 Å². The van der Waals surface area contributed by atoms with Crippen molar-refractivity contribution in [1.29, 1.82) is 0 Å². The first-order valence-electron chi connectivity index (χ1n) is 20.3. The van der Waals surface area contributed by atoms with Gasteiger partial charge in [0.15, 0.2) is 0 Å². The molecule has 0 spiro atoms. The van der Waals surface area contributed by atoms with Gasteiger partial charge in [0.2, 0.25) is 27.7 Å². The van der Waals surface area contributed by atoms with Gasteiger partial charge >= 0.3 is 6.09 Å². The summed E-state index contributed by atoms with van der Waals surface area (Å²) in [5.41, 5.74) is 0.659. The summed E-state index contributed by atoms with van der Waals surface area (Å²) in [6.07, 6.45) is 14.1. The number of benzene rings is 1. The number of carbonyl (C=O) groups is 4. The predicted molar refractivity (Wildman–Crippen MR) is 202 cm³/mol. The quantitative estimate of drug-likeness (QED) is 0.379. The number of ether oxygens (including phenoxy) is 2. The summed E-state index contributed by atoms with van der Waals surface area (Å²) in [7, 11) is -3.88. The molecule has 1 aromatic carbocycles. The van der Waals surface area contributed by atoms with Crippen LogP contribution in [0.15, 0.2) is 36.4 Å². The number of allylic oxidation sites excluding steroid dienone is 1. The highest BCUT2D eigenvalue weighted by Crippen LogP contribution is 2.46. The Hall–Kier alpha value is -4.27. The lowest BCUT2D eigenvalue weighted by molar-refractivity contribution is -0.141. The molecule has 296 valence electrons. The van der Waals surface area contributed by atoms with Crippen molar-refractivity contribution < 1.29 is 37.1 Å². The largest absolute Gasteiger partial charge is 0.471 e. The second-order valence-corrected chi connectivity index (χ2v) is 18.4. The van der Waals surface area contributed by atoms with Crippen molar-refractivity contribution in [3.8, 4) is 5.88 Å². The van der Waals surface area contributed by atoms with Crippen LogP contribution < -0.4 is 20.1 Å². The molecule has 3 aliphatic carbocycles. The van der Waals surface area contributed by atoms with Crippen LogP contribution in [-0.4, -0.2) is 88.7 Å². The van der Waals surface area contributed by atoms with Crippen molar-refractivity contribution in [3.05, 3.63) is 42.1 Å². The highest BCUT2D eigenvalue weighted by Gasteiger charge is 2.62. The van der Waals surface area contributed by atoms with E-state index in [1.54, 1.807) is 0 Å². The molecule has 1 unspecified atom stereocenters. The van der Waals surface area contributed by atoms with Crippen LogP contribution in [0.2, 0.25) is 0 Å². The minimum atomic E-state index is -3.88. The van der Waals surface area contributed by atoms with Gasteiger partial charge in [-0.2, -0.15) is 0 Å². The van der Waals surface area contributed by atoms with E-state index < -0.39 is 68.7 Å². The first kappa shape index (κ1) is 37.6. The van der Waals surface area contributed by atoms with E-state index in [0.717, 1.165) is 63.3 Å². The number of alkyl carbamates (subject to hydrolysis) is 1. The number of amides is 4. The number of hydrogen-bond donors (Lipinski definition) is 3. The standard InChI is InChI=1S/C40H52N6O8S/c47-35-33-22-27-24-46(33)37(48)32(18-7-3-1-2-6-14-26-23-40(26,44-35)38(49)45-55(51,52)28-20-21-28)43-39(50)54-34-19-11-13-25(34)12-5-4-8-17-31-36(53-27)42-30-16-10-9-15-29(30)41-31/h6,9-10,14-16,25-28,32-34H,1-5,7-8,11-13,17-24H2,(H,43,50)(H,44,47)(H,45,49)/b14-6-/t25-,26+,27-,32+,33+,34?,40-/m1/s1. The first-order chi connectivity index (χ1) is 26.6. The Balaban J connectivity index is 1.13. The average molecular weight is 777 g/mol. The number of para-hydroxylation sites is 2. The normalized spacial score (nSPS) is 32.8. The lowest BCUT2D eigenvalue weighted by Crippen LogP contribution is -2.58. The molecule has 1 aromatic heterocycles. The molecule has 15 heteroatoms. The van der Waals surface area contributed by atoms with Crippen LogP contribution in [0, 0.1) is 11.8 Å². The maximum atomic E-state index is 14.7. The molecular formula is C40H52N6O8S. The fraction of sp³-hybridized carbons (Fsp3) is 0.650. The predicted octanol–water partition coefficient (Wildman–Crippen LogP) is 4.36. The molecular weight excluding hydrogens is 725 g/mol. The van der Waals surface area contributed by atoms with Crippen LogP contribution in [0.3, 0.4) is 0 Å². The van der Waals surface area contributed by atoms with Crippen LogP contribution in [0.1, 0.15) is 108 Å². The van der Waals surface area contributed by atoms with Gasteiger partial charge < -0.3 is 25.0 Å². The maximum Gasteiger partial charge on any atom is 0.408 e. The molecule has 6 aliphatic rings. The molecule has 3 N–H and O–H groups in total. The van der Waals surface area contributed by atoms with Crippen molar-refractivity contribution in [1.82, 2.24) is 30.2 Å². The van der Waals surface area contributed by atoms with Gasteiger partial charge in [-0.25, -0.2) is 23.2 Å². The number of hydrogen-bond acceptors (Lipinski definition) is 10. The summed E-state index contributed by atoms with van der Waals surface area (Å²) in [6.45, 7) is 0.0291. The van der Waals surface area contributed by atoms with E-state index in [4.69, 9.17) is 19.4 Å². The van der Waals surface area contributed by atoms with Gasteiger partial charge in [-0.15, -0.1) is 0 Å². The lowest BCUT2D eigenvalue weighted by Gasteiger charge is -2.30. The van der Waals surface area contributed by atoms with Gasteiger partial charge in [0.05, 0.1) is 22.8 Å². The van der Waals surface area contributed by atoms with Gasteiger partial charge in [-0.1, -0.05) is 50.0 Å². The third kappa shape index (κ3) is 8.31. The third-order valence-electron chi connectivity index (χ3n) is 12.4. The van der Waals surface area contributed by atoms with Crippen LogP contribution in [0.4, 0.5) is 4.79 Å². The molecule has 1 saturated heterocycles. The Labute approximate surface area is 322 Å². The fourth-order valence-corrected chi connectivity index (χ4v) is 10.3. The summed E-state index contributed by atoms with van der Waals surface area (Å²) in [5, 5.41) is 5.19. The van der Waals surface area contributed by atoms with Crippen molar-refractivity contribution >= 4 is 44.9 Å². The summed E-state index contributed by atoms with van der Waals surface area (Å²) < 4.78 is 40.6. The first-order valence-corrected chi connectivity index (χ1v) is 21.9. The van der Waals surface area contributed by atoms with E-state index in [0.29, 0.717) is 55.6 Å². The van der Waals surface area contributed by atoms with Crippen molar-refractivity contribution in [2.24, 2.45) is 11.8 Å². The minimum absolute atomic E-state index is 0.0291. The number of aryl methyl sites for hydroxylation is 1. The van der Waals surface area contributed by atoms with Gasteiger partial charge in [0.25, 0.3) is 5.91 Å². The van der Waals surface area contributed by atoms with Crippen LogP contribution >= 0.6 is 0 Å². The number of nitrogens with one attached hydrogen (secondary N) is 3. The lowest BCUT2D eigenvalue weighted by atomic mass is 9.97. The molecule has 0 radical (unpaired) electrons. The van der Waals surface area contributed by atoms with Gasteiger partial charge in [-0.05, 0) is 95.1 Å². The summed E-state index contributed by atoms with van der Waals surface area (Å²) in [6, 6.07) is 5.57. The second-order valence-electron chi connectivity index (χ2n) is 16.4. The summed E-state index contributed by atoms with van der Waals surface area (Å²) in [5.74, 6) is -1.58. The third-order valence-corrected chi connectivity index (χ3v) is 14.2. The van der Waals surface area contributed by atoms with Crippen LogP contribution in [0.25, 0.3) is 11.0 Å². The highest BCUT2D eigenvalue weighted by atomic mass is 32.2. The average Bonchev–Trinajstić information content (AvgIpc) is 4.05. The number of fused-ring (bicyclic) bond motifs is 6. The monoisotopic (exact) mass is 776 g/mol. The zero-order valence-electron chi connectivity index (χ0n) is 31.2. The molecule has 3 aliphatic heterocycles. The molecule has 8 rings (SSSR count). The Morgan fingerprint density at radius 2 is 1.65 bits per heavy atom. The molecule has 4 amide bonds. The minimum Gasteiger partial charge on any atom is -0.471 e. The topological polar surface area (TPSA) is 186 Å². The van der Waals surface area contributed by atoms with Crippen LogP contribution in [-0.2, 0) is 35.6 Å². The molecule has 14 nitrogen and oxygen atoms in total. The van der Waals surface area contributed by atoms with E-state index in [-0.39, 0.29) is 31.4 Å². The van der Waals surface area contributed by atoms with Crippen LogP contribution in [0.5, 0.6) is 5.88 Å². The zero-order valence-corrected chi connectivity index (χ0v) is 32.1. The van der Waals surface area contributed by atoms with E-state index >= 15 is 0 Å². The van der Waals surface area contributed by atoms with Gasteiger partial charge in [0.1, 0.15) is 35.5 Å². The Kier molecular flexibility index (Phi) is 10.7. The maximum absolute atomic E-state index is 14.7. The van der Waals surface area contributed by atoms with E-state index in [9.17, 15) is 27.6 Å². The molecule has 4 fully saturated rings. The van der Waals surface area contributed by atoms with Crippen molar-refractivity contribution in [2.75, 3.05) is 6.54 Å². The number of carbonyl (C=O) groups excluding carboxylic acids is 4. The molecule has 3 bridgehead atoms. The Morgan fingerprint density at radius 1 is 0.891 bits per heavy atom. The molecule has 3 saturated carbocycles. The Bertz CT molecular complexity index is 1950. The summed E-state index contributed by atoms with van der Waals surface area (Å²) in [4.78, 5) is 67.6. The summed E-state index contributed by atoms with van der Waals surface area (Å²) >= 11 is 0. The molecule has 55 heavy (non-hydrogen) atoms. The number of nitrogens with zero attached hydrogens (tertiary/aromatic N) is 3. The number of aromatic nitrogens is 2.